The number of ether oxygens (including phenoxy) is 1. The molecule has 0 spiro atoms. The number of aryl methyl sites for hydroxylation is 2. The average Bonchev–Trinajstić information content (AvgIpc) is 2.76. The zero-order chi connectivity index (χ0) is 16.7. The Balaban J connectivity index is 0.00000264. The van der Waals surface area contributed by atoms with Crippen LogP contribution >= 0.6 is 12.4 Å². The smallest absolute Gasteiger partial charge is 0.342 e. The van der Waals surface area contributed by atoms with E-state index in [1.807, 2.05) is 6.92 Å². The highest BCUT2D eigenvalue weighted by Crippen LogP contribution is 2.31. The molecule has 1 aromatic rings. The molecule has 2 rings (SSSR count). The number of hydrogen-bond acceptors (Lipinski definition) is 6. The van der Waals surface area contributed by atoms with Crippen molar-refractivity contribution in [1.82, 2.24) is 4.31 Å². The van der Waals surface area contributed by atoms with Gasteiger partial charge in [-0.15, -0.1) is 12.4 Å². The average molecular weight is 367 g/mol. The summed E-state index contributed by atoms with van der Waals surface area (Å²) in [5, 5.41) is 0. The van der Waals surface area contributed by atoms with Gasteiger partial charge in [-0.2, -0.15) is 4.31 Å². The van der Waals surface area contributed by atoms with Gasteiger partial charge in [0.1, 0.15) is 22.0 Å². The minimum absolute atomic E-state index is 0. The maximum Gasteiger partial charge on any atom is 0.342 e. The zero-order valence-electron chi connectivity index (χ0n) is 13.7. The fourth-order valence-corrected chi connectivity index (χ4v) is 4.71. The predicted molar refractivity (Wildman–Crippen MR) is 87.3 cm³/mol. The molecule has 0 radical (unpaired) electrons. The molecule has 1 aliphatic rings. The fourth-order valence-electron chi connectivity index (χ4n) is 2.78. The summed E-state index contributed by atoms with van der Waals surface area (Å²) in [5.41, 5.74) is 5.92. The molecule has 0 amide bonds. The molecule has 0 bridgehead atoms. The van der Waals surface area contributed by atoms with Gasteiger partial charge in [-0.05, 0) is 26.2 Å². The Kier molecular flexibility index (Phi) is 6.25. The molecule has 1 aliphatic heterocycles. The number of carbonyl (C=O) groups excluding carboxylic acids is 1. The van der Waals surface area contributed by atoms with Crippen LogP contribution in [-0.2, 0) is 14.8 Å². The van der Waals surface area contributed by atoms with E-state index in [0.717, 1.165) is 0 Å². The molecule has 1 aromatic heterocycles. The van der Waals surface area contributed by atoms with Crippen molar-refractivity contribution in [3.05, 3.63) is 17.1 Å². The number of sulfonamides is 1. The summed E-state index contributed by atoms with van der Waals surface area (Å²) in [6.07, 6.45) is 0.587. The quantitative estimate of drug-likeness (QED) is 0.812. The first kappa shape index (κ1) is 20.0. The van der Waals surface area contributed by atoms with Crippen molar-refractivity contribution < 1.29 is 22.4 Å². The standard InChI is InChI=1S/C14H22N2O5S.ClH/c1-8-7-16(6-5-11(8)15)22(18,19)13-10(3)21-9(2)12(13)14(17)20-4;/h8,11H,5-7,15H2,1-4H3;1H. The van der Waals surface area contributed by atoms with Crippen molar-refractivity contribution in [2.75, 3.05) is 20.2 Å². The molecule has 1 fully saturated rings. The Bertz CT molecular complexity index is 686. The minimum atomic E-state index is -3.83. The van der Waals surface area contributed by atoms with E-state index in [2.05, 4.69) is 4.74 Å². The second kappa shape index (κ2) is 7.21. The van der Waals surface area contributed by atoms with Gasteiger partial charge in [-0.1, -0.05) is 6.92 Å². The van der Waals surface area contributed by atoms with Crippen LogP contribution in [0.4, 0.5) is 0 Å². The monoisotopic (exact) mass is 366 g/mol. The Morgan fingerprint density at radius 2 is 1.96 bits per heavy atom. The number of methoxy groups -OCH3 is 1. The molecule has 132 valence electrons. The third kappa shape index (κ3) is 3.55. The van der Waals surface area contributed by atoms with Gasteiger partial charge in [-0.25, -0.2) is 13.2 Å². The lowest BCUT2D eigenvalue weighted by Crippen LogP contribution is -2.48. The van der Waals surface area contributed by atoms with E-state index in [0.29, 0.717) is 19.5 Å². The molecule has 0 saturated carbocycles. The van der Waals surface area contributed by atoms with E-state index in [-0.39, 0.29) is 46.3 Å². The molecule has 23 heavy (non-hydrogen) atoms. The number of piperidine rings is 1. The second-order valence-corrected chi connectivity index (χ2v) is 7.58. The van der Waals surface area contributed by atoms with Crippen LogP contribution < -0.4 is 5.73 Å². The summed E-state index contributed by atoms with van der Waals surface area (Å²) in [7, 11) is -2.62. The number of nitrogens with two attached hydrogens (primary N) is 1. The van der Waals surface area contributed by atoms with Crippen molar-refractivity contribution in [3.8, 4) is 0 Å². The Morgan fingerprint density at radius 1 is 1.35 bits per heavy atom. The van der Waals surface area contributed by atoms with Crippen molar-refractivity contribution in [2.45, 2.75) is 38.1 Å². The van der Waals surface area contributed by atoms with Crippen LogP contribution in [0.3, 0.4) is 0 Å². The second-order valence-electron chi connectivity index (χ2n) is 5.70. The molecule has 7 nitrogen and oxygen atoms in total. The highest BCUT2D eigenvalue weighted by Gasteiger charge is 2.38. The molecule has 1 saturated heterocycles. The Morgan fingerprint density at radius 3 is 2.48 bits per heavy atom. The normalized spacial score (nSPS) is 22.5. The predicted octanol–water partition coefficient (Wildman–Crippen LogP) is 1.46. The number of nitrogens with zero attached hydrogens (tertiary/aromatic N) is 1. The summed E-state index contributed by atoms with van der Waals surface area (Å²) in [6, 6.07) is -0.0151. The van der Waals surface area contributed by atoms with Crippen LogP contribution in [0.25, 0.3) is 0 Å². The summed E-state index contributed by atoms with van der Waals surface area (Å²) in [6.45, 7) is 5.66. The number of halogens is 1. The fraction of sp³-hybridized carbons (Fsp3) is 0.643. The lowest BCUT2D eigenvalue weighted by atomic mass is 9.96. The van der Waals surface area contributed by atoms with Crippen molar-refractivity contribution >= 4 is 28.4 Å². The topological polar surface area (TPSA) is 103 Å². The summed E-state index contributed by atoms with van der Waals surface area (Å²) in [5.74, 6) is -0.224. The summed E-state index contributed by atoms with van der Waals surface area (Å²) >= 11 is 0. The van der Waals surface area contributed by atoms with Gasteiger partial charge in [0.2, 0.25) is 10.0 Å². The van der Waals surface area contributed by atoms with E-state index in [9.17, 15) is 13.2 Å². The lowest BCUT2D eigenvalue weighted by Gasteiger charge is -2.34. The van der Waals surface area contributed by atoms with Crippen molar-refractivity contribution in [1.29, 1.82) is 0 Å². The maximum atomic E-state index is 12.9. The zero-order valence-corrected chi connectivity index (χ0v) is 15.3. The Hall–Kier alpha value is -1.09. The van der Waals surface area contributed by atoms with Crippen LogP contribution in [0, 0.1) is 19.8 Å². The summed E-state index contributed by atoms with van der Waals surface area (Å²) in [4.78, 5) is 11.8. The molecule has 2 unspecified atom stereocenters. The maximum absolute atomic E-state index is 12.9. The third-order valence-corrected chi connectivity index (χ3v) is 6.15. The van der Waals surface area contributed by atoms with Crippen LogP contribution in [-0.4, -0.2) is 44.9 Å². The van der Waals surface area contributed by atoms with Gasteiger partial charge >= 0.3 is 5.97 Å². The lowest BCUT2D eigenvalue weighted by molar-refractivity contribution is 0.0594. The van der Waals surface area contributed by atoms with Gasteiger partial charge in [0.15, 0.2) is 0 Å². The highest BCUT2D eigenvalue weighted by molar-refractivity contribution is 7.89. The summed E-state index contributed by atoms with van der Waals surface area (Å²) < 4.78 is 37.3. The number of carbonyl (C=O) groups is 1. The van der Waals surface area contributed by atoms with Gasteiger partial charge in [0.05, 0.1) is 7.11 Å². The first-order chi connectivity index (χ1) is 10.2. The molecule has 0 aromatic carbocycles. The SMILES string of the molecule is COC(=O)c1c(C)oc(C)c1S(=O)(=O)N1CCC(N)C(C)C1.Cl. The molecule has 2 atom stereocenters. The number of furan rings is 1. The van der Waals surface area contributed by atoms with Crippen LogP contribution in [0.1, 0.15) is 35.2 Å². The molecular weight excluding hydrogens is 344 g/mol. The van der Waals surface area contributed by atoms with E-state index in [1.165, 1.54) is 18.3 Å². The largest absolute Gasteiger partial charge is 0.465 e. The number of hydrogen-bond donors (Lipinski definition) is 1. The number of esters is 1. The van der Waals surface area contributed by atoms with E-state index in [4.69, 9.17) is 10.2 Å². The molecular formula is C14H23ClN2O5S. The van der Waals surface area contributed by atoms with E-state index >= 15 is 0 Å². The third-order valence-electron chi connectivity index (χ3n) is 4.13. The van der Waals surface area contributed by atoms with Gasteiger partial charge < -0.3 is 14.9 Å². The first-order valence-electron chi connectivity index (χ1n) is 7.14. The first-order valence-corrected chi connectivity index (χ1v) is 8.58. The van der Waals surface area contributed by atoms with E-state index in [1.54, 1.807) is 6.92 Å². The van der Waals surface area contributed by atoms with Crippen molar-refractivity contribution in [2.24, 2.45) is 11.7 Å². The van der Waals surface area contributed by atoms with Gasteiger partial charge in [0.25, 0.3) is 0 Å². The molecule has 0 aliphatic carbocycles. The van der Waals surface area contributed by atoms with Gasteiger partial charge in [-0.3, -0.25) is 0 Å². The Labute approximate surface area is 142 Å². The highest BCUT2D eigenvalue weighted by atomic mass is 35.5. The van der Waals surface area contributed by atoms with Crippen molar-refractivity contribution in [3.63, 3.8) is 0 Å². The number of rotatable bonds is 3. The molecule has 2 N–H and O–H groups in total. The van der Waals surface area contributed by atoms with Crippen LogP contribution in [0.2, 0.25) is 0 Å². The van der Waals surface area contributed by atoms with Crippen LogP contribution in [0.5, 0.6) is 0 Å². The molecule has 2 heterocycles. The minimum Gasteiger partial charge on any atom is -0.465 e. The van der Waals surface area contributed by atoms with Gasteiger partial charge in [0, 0.05) is 19.1 Å². The van der Waals surface area contributed by atoms with Crippen LogP contribution in [0.15, 0.2) is 9.31 Å². The van der Waals surface area contributed by atoms with E-state index < -0.39 is 16.0 Å². The molecule has 9 heteroatoms.